The Morgan fingerprint density at radius 3 is 2.52 bits per heavy atom. The first-order valence-corrected chi connectivity index (χ1v) is 6.56. The molecule has 2 rings (SSSR count). The fraction of sp³-hybridized carbons (Fsp3) is 0.333. The van der Waals surface area contributed by atoms with E-state index in [0.717, 1.165) is 0 Å². The normalized spacial score (nSPS) is 20.8. The first-order chi connectivity index (χ1) is 10.0. The molecule has 6 nitrogen and oxygen atoms in total. The number of ether oxygens (including phenoxy) is 1. The van der Waals surface area contributed by atoms with Gasteiger partial charge in [0.15, 0.2) is 11.5 Å². The van der Waals surface area contributed by atoms with E-state index < -0.39 is 23.7 Å². The van der Waals surface area contributed by atoms with Crippen molar-refractivity contribution in [2.45, 2.75) is 12.8 Å². The number of rotatable bonds is 4. The monoisotopic (exact) mass is 290 g/mol. The van der Waals surface area contributed by atoms with Crippen LogP contribution in [0.5, 0.6) is 11.5 Å². The molecular formula is C15H16NO5-. The number of amides is 1. The van der Waals surface area contributed by atoms with E-state index in [1.54, 1.807) is 18.2 Å². The average Bonchev–Trinajstić information content (AvgIpc) is 2.47. The van der Waals surface area contributed by atoms with Crippen LogP contribution in [-0.2, 0) is 9.59 Å². The lowest BCUT2D eigenvalue weighted by molar-refractivity contribution is -0.313. The van der Waals surface area contributed by atoms with E-state index in [-0.39, 0.29) is 12.2 Å². The van der Waals surface area contributed by atoms with Crippen molar-refractivity contribution in [3.8, 4) is 11.5 Å². The number of carbonyl (C=O) groups is 2. The van der Waals surface area contributed by atoms with E-state index in [0.29, 0.717) is 17.9 Å². The summed E-state index contributed by atoms with van der Waals surface area (Å²) in [5, 5.41) is 23.4. The maximum Gasteiger partial charge on any atom is 0.228 e. The minimum atomic E-state index is -1.22. The number of hydrogen-bond donors (Lipinski definition) is 2. The second-order valence-electron chi connectivity index (χ2n) is 4.85. The van der Waals surface area contributed by atoms with E-state index in [1.807, 2.05) is 0 Å². The Morgan fingerprint density at radius 2 is 1.95 bits per heavy atom. The van der Waals surface area contributed by atoms with Crippen molar-refractivity contribution in [3.63, 3.8) is 0 Å². The molecule has 0 radical (unpaired) electrons. The number of carboxylic acid groups (broad SMARTS) is 1. The number of carboxylic acids is 1. The second kappa shape index (κ2) is 6.30. The number of aliphatic carboxylic acids is 1. The van der Waals surface area contributed by atoms with E-state index in [2.05, 4.69) is 5.32 Å². The van der Waals surface area contributed by atoms with Gasteiger partial charge in [0.25, 0.3) is 0 Å². The Bertz CT molecular complexity index is 581. The van der Waals surface area contributed by atoms with E-state index in [1.165, 1.54) is 19.2 Å². The summed E-state index contributed by atoms with van der Waals surface area (Å²) in [5.41, 5.74) is 0.380. The Morgan fingerprint density at radius 1 is 1.29 bits per heavy atom. The highest BCUT2D eigenvalue weighted by atomic mass is 16.5. The van der Waals surface area contributed by atoms with Gasteiger partial charge in [-0.15, -0.1) is 0 Å². The first kappa shape index (κ1) is 14.9. The maximum absolute atomic E-state index is 12.2. The molecule has 1 aliphatic rings. The average molecular weight is 290 g/mol. The van der Waals surface area contributed by atoms with Gasteiger partial charge in [-0.1, -0.05) is 12.2 Å². The molecule has 2 N–H and O–H groups in total. The van der Waals surface area contributed by atoms with Crippen molar-refractivity contribution in [2.24, 2.45) is 11.8 Å². The Kier molecular flexibility index (Phi) is 4.47. The summed E-state index contributed by atoms with van der Waals surface area (Å²) in [4.78, 5) is 23.3. The largest absolute Gasteiger partial charge is 0.550 e. The molecule has 1 aromatic rings. The van der Waals surface area contributed by atoms with Crippen LogP contribution in [0, 0.1) is 11.8 Å². The molecule has 0 fully saturated rings. The van der Waals surface area contributed by atoms with Gasteiger partial charge in [-0.2, -0.15) is 0 Å². The van der Waals surface area contributed by atoms with Crippen molar-refractivity contribution < 1.29 is 24.5 Å². The van der Waals surface area contributed by atoms with Gasteiger partial charge >= 0.3 is 0 Å². The summed E-state index contributed by atoms with van der Waals surface area (Å²) >= 11 is 0. The zero-order valence-electron chi connectivity index (χ0n) is 11.5. The Labute approximate surface area is 122 Å². The highest BCUT2D eigenvalue weighted by molar-refractivity contribution is 5.95. The number of allylic oxidation sites excluding steroid dienone is 2. The summed E-state index contributed by atoms with van der Waals surface area (Å²) in [6.45, 7) is 0. The minimum Gasteiger partial charge on any atom is -0.550 e. The van der Waals surface area contributed by atoms with Gasteiger partial charge < -0.3 is 25.1 Å². The number of nitrogens with one attached hydrogen (secondary N) is 1. The van der Waals surface area contributed by atoms with Crippen molar-refractivity contribution in [3.05, 3.63) is 30.4 Å². The molecule has 0 aromatic heterocycles. The molecule has 0 spiro atoms. The topological polar surface area (TPSA) is 98.7 Å². The molecular weight excluding hydrogens is 274 g/mol. The third-order valence-electron chi connectivity index (χ3n) is 3.52. The second-order valence-corrected chi connectivity index (χ2v) is 4.85. The van der Waals surface area contributed by atoms with Gasteiger partial charge in [0.1, 0.15) is 0 Å². The number of phenols is 1. The lowest BCUT2D eigenvalue weighted by atomic mass is 9.82. The first-order valence-electron chi connectivity index (χ1n) is 6.56. The van der Waals surface area contributed by atoms with Gasteiger partial charge in [-0.25, -0.2) is 0 Å². The molecule has 112 valence electrons. The molecule has 0 saturated carbocycles. The summed E-state index contributed by atoms with van der Waals surface area (Å²) in [6.07, 6.45) is 4.17. The fourth-order valence-electron chi connectivity index (χ4n) is 2.37. The molecule has 1 amide bonds. The molecule has 0 aliphatic heterocycles. The van der Waals surface area contributed by atoms with Crippen LogP contribution in [0.25, 0.3) is 0 Å². The van der Waals surface area contributed by atoms with Crippen molar-refractivity contribution >= 4 is 17.6 Å². The van der Waals surface area contributed by atoms with Crippen molar-refractivity contribution in [1.82, 2.24) is 0 Å². The molecule has 2 atom stereocenters. The quantitative estimate of drug-likeness (QED) is 0.794. The Hall–Kier alpha value is -2.50. The summed E-state index contributed by atoms with van der Waals surface area (Å²) in [5.74, 6) is -2.95. The SMILES string of the molecule is COc1ccc(NC(=O)[C@H]2CC=CC[C@@H]2C(=O)[O-])cc1O. The molecule has 1 aromatic carbocycles. The Balaban J connectivity index is 2.11. The summed E-state index contributed by atoms with van der Waals surface area (Å²) in [7, 11) is 1.42. The molecule has 0 saturated heterocycles. The molecule has 0 heterocycles. The minimum absolute atomic E-state index is 0.102. The number of carbonyl (C=O) groups excluding carboxylic acids is 2. The smallest absolute Gasteiger partial charge is 0.228 e. The van der Waals surface area contributed by atoms with Crippen LogP contribution in [0.2, 0.25) is 0 Å². The molecule has 0 bridgehead atoms. The van der Waals surface area contributed by atoms with E-state index >= 15 is 0 Å². The van der Waals surface area contributed by atoms with Crippen molar-refractivity contribution in [2.75, 3.05) is 12.4 Å². The van der Waals surface area contributed by atoms with Crippen LogP contribution in [0.15, 0.2) is 30.4 Å². The number of phenolic OH excluding ortho intramolecular Hbond substituents is 1. The summed E-state index contributed by atoms with van der Waals surface area (Å²) < 4.78 is 4.91. The highest BCUT2D eigenvalue weighted by Gasteiger charge is 2.29. The maximum atomic E-state index is 12.2. The number of methoxy groups -OCH3 is 1. The molecule has 6 heteroatoms. The third-order valence-corrected chi connectivity index (χ3v) is 3.52. The summed E-state index contributed by atoms with van der Waals surface area (Å²) in [6, 6.07) is 4.44. The van der Waals surface area contributed by atoms with Crippen LogP contribution in [-0.4, -0.2) is 24.1 Å². The number of benzene rings is 1. The highest BCUT2D eigenvalue weighted by Crippen LogP contribution is 2.30. The van der Waals surface area contributed by atoms with Gasteiger partial charge in [0.05, 0.1) is 13.0 Å². The molecule has 1 aliphatic carbocycles. The lowest BCUT2D eigenvalue weighted by Crippen LogP contribution is -2.41. The van der Waals surface area contributed by atoms with Gasteiger partial charge in [0, 0.05) is 23.6 Å². The zero-order valence-corrected chi connectivity index (χ0v) is 11.5. The van der Waals surface area contributed by atoms with Gasteiger partial charge in [0.2, 0.25) is 5.91 Å². The third kappa shape index (κ3) is 3.34. The van der Waals surface area contributed by atoms with Crippen LogP contribution < -0.4 is 15.2 Å². The molecule has 21 heavy (non-hydrogen) atoms. The van der Waals surface area contributed by atoms with Crippen LogP contribution in [0.3, 0.4) is 0 Å². The van der Waals surface area contributed by atoms with Crippen molar-refractivity contribution in [1.29, 1.82) is 0 Å². The van der Waals surface area contributed by atoms with Crippen LogP contribution in [0.1, 0.15) is 12.8 Å². The molecule has 0 unspecified atom stereocenters. The predicted molar refractivity (Wildman–Crippen MR) is 73.6 cm³/mol. The predicted octanol–water partition coefficient (Wildman–Crippen LogP) is 0.672. The standard InChI is InChI=1S/C15H17NO5/c1-21-13-7-6-9(8-12(13)17)16-14(18)10-4-2-3-5-11(10)15(19)20/h2-3,6-8,10-11,17H,4-5H2,1H3,(H,16,18)(H,19,20)/p-1/t10-,11-/m0/s1. The van der Waals surface area contributed by atoms with Crippen LogP contribution >= 0.6 is 0 Å². The van der Waals surface area contributed by atoms with E-state index in [9.17, 15) is 19.8 Å². The lowest BCUT2D eigenvalue weighted by Gasteiger charge is -2.28. The fourth-order valence-corrected chi connectivity index (χ4v) is 2.37. The number of aromatic hydroxyl groups is 1. The zero-order chi connectivity index (χ0) is 15.4. The number of hydrogen-bond acceptors (Lipinski definition) is 5. The van der Waals surface area contributed by atoms with Gasteiger partial charge in [-0.05, 0) is 25.0 Å². The van der Waals surface area contributed by atoms with E-state index in [4.69, 9.17) is 4.74 Å². The number of anilines is 1. The van der Waals surface area contributed by atoms with Crippen LogP contribution in [0.4, 0.5) is 5.69 Å². The van der Waals surface area contributed by atoms with Gasteiger partial charge in [-0.3, -0.25) is 4.79 Å².